The summed E-state index contributed by atoms with van der Waals surface area (Å²) in [7, 11) is 0. The van der Waals surface area contributed by atoms with Crippen LogP contribution in [0.4, 0.5) is 0 Å². The predicted molar refractivity (Wildman–Crippen MR) is 71.2 cm³/mol. The largest absolute Gasteiger partial charge is 0.273 e. The first-order valence-electron chi connectivity index (χ1n) is 5.59. The van der Waals surface area contributed by atoms with Gasteiger partial charge in [0.1, 0.15) is 0 Å². The molecule has 0 heterocycles. The highest BCUT2D eigenvalue weighted by atomic mass is 35.5. The van der Waals surface area contributed by atoms with Gasteiger partial charge in [-0.25, -0.2) is 5.01 Å². The van der Waals surface area contributed by atoms with E-state index in [2.05, 4.69) is 5.43 Å². The fourth-order valence-electron chi connectivity index (χ4n) is 1.49. The van der Waals surface area contributed by atoms with Crippen LogP contribution in [0, 0.1) is 0 Å². The van der Waals surface area contributed by atoms with Crippen LogP contribution in [0.1, 0.15) is 38.1 Å². The second kappa shape index (κ2) is 5.40. The number of benzene rings is 1. The van der Waals surface area contributed by atoms with Crippen molar-refractivity contribution in [2.75, 3.05) is 0 Å². The lowest BCUT2D eigenvalue weighted by Gasteiger charge is -2.34. The molecular formula is C13H17ClN2O2. The van der Waals surface area contributed by atoms with Gasteiger partial charge in [-0.3, -0.25) is 15.0 Å². The first-order valence-corrected chi connectivity index (χ1v) is 5.97. The summed E-state index contributed by atoms with van der Waals surface area (Å²) >= 11 is 5.75. The van der Waals surface area contributed by atoms with E-state index in [0.717, 1.165) is 0 Å². The third-order valence-electron chi connectivity index (χ3n) is 2.31. The van der Waals surface area contributed by atoms with Crippen molar-refractivity contribution < 1.29 is 9.59 Å². The summed E-state index contributed by atoms with van der Waals surface area (Å²) in [6.07, 6.45) is 0. The number of hydrogen-bond donors (Lipinski definition) is 1. The molecule has 98 valence electrons. The van der Waals surface area contributed by atoms with Gasteiger partial charge in [-0.15, -0.1) is 0 Å². The van der Waals surface area contributed by atoms with Gasteiger partial charge < -0.3 is 0 Å². The molecule has 0 aliphatic carbocycles. The third-order valence-corrected chi connectivity index (χ3v) is 2.56. The van der Waals surface area contributed by atoms with Crippen LogP contribution in [0.3, 0.4) is 0 Å². The maximum atomic E-state index is 12.0. The number of nitrogens with zero attached hydrogens (tertiary/aromatic N) is 1. The molecule has 0 unspecified atom stereocenters. The van der Waals surface area contributed by atoms with Gasteiger partial charge in [0, 0.05) is 17.5 Å². The molecule has 1 aromatic rings. The topological polar surface area (TPSA) is 49.4 Å². The first kappa shape index (κ1) is 14.5. The highest BCUT2D eigenvalue weighted by Gasteiger charge is 2.25. The number of hydrazine groups is 1. The number of halogens is 1. The van der Waals surface area contributed by atoms with Crippen molar-refractivity contribution in [2.24, 2.45) is 0 Å². The van der Waals surface area contributed by atoms with Crippen LogP contribution in [-0.2, 0) is 4.79 Å². The summed E-state index contributed by atoms with van der Waals surface area (Å²) in [5.74, 6) is -0.554. The van der Waals surface area contributed by atoms with Crippen molar-refractivity contribution in [3.8, 4) is 0 Å². The van der Waals surface area contributed by atoms with Gasteiger partial charge in [0.2, 0.25) is 5.91 Å². The van der Waals surface area contributed by atoms with Crippen LogP contribution in [0.5, 0.6) is 0 Å². The van der Waals surface area contributed by atoms with E-state index in [0.29, 0.717) is 10.6 Å². The van der Waals surface area contributed by atoms with Crippen LogP contribution < -0.4 is 5.43 Å². The van der Waals surface area contributed by atoms with Gasteiger partial charge >= 0.3 is 0 Å². The molecule has 0 aliphatic heterocycles. The summed E-state index contributed by atoms with van der Waals surface area (Å²) in [6, 6.07) is 6.48. The Bertz CT molecular complexity index is 449. The maximum Gasteiger partial charge on any atom is 0.269 e. The molecule has 5 heteroatoms. The molecule has 0 aliphatic rings. The zero-order chi connectivity index (χ0) is 13.9. The number of amides is 2. The highest BCUT2D eigenvalue weighted by molar-refractivity contribution is 6.30. The summed E-state index contributed by atoms with van der Waals surface area (Å²) in [4.78, 5) is 23.5. The van der Waals surface area contributed by atoms with E-state index < -0.39 is 5.54 Å². The van der Waals surface area contributed by atoms with Gasteiger partial charge in [0.25, 0.3) is 5.91 Å². The number of rotatable bonds is 1. The fourth-order valence-corrected chi connectivity index (χ4v) is 1.61. The molecular weight excluding hydrogens is 252 g/mol. The second-order valence-electron chi connectivity index (χ2n) is 4.97. The SMILES string of the molecule is CC(=O)N(NC(=O)c1ccc(Cl)cc1)C(C)(C)C. The van der Waals surface area contributed by atoms with E-state index in [9.17, 15) is 9.59 Å². The van der Waals surface area contributed by atoms with E-state index in [-0.39, 0.29) is 11.8 Å². The van der Waals surface area contributed by atoms with Crippen molar-refractivity contribution in [1.29, 1.82) is 0 Å². The molecule has 1 rings (SSSR count). The van der Waals surface area contributed by atoms with Crippen LogP contribution in [0.25, 0.3) is 0 Å². The number of carbonyl (C=O) groups excluding carboxylic acids is 2. The molecule has 0 saturated heterocycles. The van der Waals surface area contributed by atoms with E-state index in [1.165, 1.54) is 11.9 Å². The van der Waals surface area contributed by atoms with E-state index in [1.807, 2.05) is 20.8 Å². The molecule has 2 amide bonds. The minimum atomic E-state index is -0.478. The molecule has 0 fully saturated rings. The Morgan fingerprint density at radius 1 is 1.17 bits per heavy atom. The van der Waals surface area contributed by atoms with E-state index in [4.69, 9.17) is 11.6 Å². The quantitative estimate of drug-likeness (QED) is 0.796. The second-order valence-corrected chi connectivity index (χ2v) is 5.41. The summed E-state index contributed by atoms with van der Waals surface area (Å²) in [5.41, 5.74) is 2.57. The number of carbonyl (C=O) groups is 2. The summed E-state index contributed by atoms with van der Waals surface area (Å²) < 4.78 is 0. The van der Waals surface area contributed by atoms with Crippen LogP contribution in [-0.4, -0.2) is 22.4 Å². The Morgan fingerprint density at radius 3 is 2.06 bits per heavy atom. The van der Waals surface area contributed by atoms with Crippen LogP contribution in [0.15, 0.2) is 24.3 Å². The first-order chi connectivity index (χ1) is 8.21. The number of hydrogen-bond acceptors (Lipinski definition) is 2. The predicted octanol–water partition coefficient (Wildman–Crippen LogP) is 2.63. The molecule has 4 nitrogen and oxygen atoms in total. The minimum absolute atomic E-state index is 0.218. The minimum Gasteiger partial charge on any atom is -0.273 e. The van der Waals surface area contributed by atoms with Crippen molar-refractivity contribution in [1.82, 2.24) is 10.4 Å². The lowest BCUT2D eigenvalue weighted by molar-refractivity contribution is -0.136. The lowest BCUT2D eigenvalue weighted by Crippen LogP contribution is -2.55. The average Bonchev–Trinajstić information content (AvgIpc) is 2.24. The number of nitrogens with one attached hydrogen (secondary N) is 1. The Labute approximate surface area is 112 Å². The van der Waals surface area contributed by atoms with Crippen LogP contribution >= 0.6 is 11.6 Å². The molecule has 0 atom stereocenters. The smallest absolute Gasteiger partial charge is 0.269 e. The highest BCUT2D eigenvalue weighted by Crippen LogP contribution is 2.13. The van der Waals surface area contributed by atoms with Crippen molar-refractivity contribution in [2.45, 2.75) is 33.2 Å². The van der Waals surface area contributed by atoms with Crippen molar-refractivity contribution in [3.05, 3.63) is 34.9 Å². The summed E-state index contributed by atoms with van der Waals surface area (Å²) in [5, 5.41) is 1.87. The monoisotopic (exact) mass is 268 g/mol. The van der Waals surface area contributed by atoms with Crippen molar-refractivity contribution >= 4 is 23.4 Å². The molecule has 0 spiro atoms. The van der Waals surface area contributed by atoms with E-state index in [1.54, 1.807) is 24.3 Å². The standard InChI is InChI=1S/C13H17ClN2O2/c1-9(17)16(13(2,3)4)15-12(18)10-5-7-11(14)8-6-10/h5-8H,1-4H3,(H,15,18). The Kier molecular flexibility index (Phi) is 4.35. The van der Waals surface area contributed by atoms with Gasteiger partial charge in [0.05, 0.1) is 5.54 Å². The van der Waals surface area contributed by atoms with Crippen molar-refractivity contribution in [3.63, 3.8) is 0 Å². The Hall–Kier alpha value is -1.55. The average molecular weight is 269 g/mol. The molecule has 0 bridgehead atoms. The normalized spacial score (nSPS) is 10.9. The maximum absolute atomic E-state index is 12.0. The molecule has 1 aromatic carbocycles. The fraction of sp³-hybridized carbons (Fsp3) is 0.385. The molecule has 0 saturated carbocycles. The molecule has 18 heavy (non-hydrogen) atoms. The Balaban J connectivity index is 2.86. The van der Waals surface area contributed by atoms with Crippen LogP contribution in [0.2, 0.25) is 5.02 Å². The molecule has 1 N–H and O–H groups in total. The lowest BCUT2D eigenvalue weighted by atomic mass is 10.1. The summed E-state index contributed by atoms with van der Waals surface area (Å²) in [6.45, 7) is 6.94. The molecule has 0 radical (unpaired) electrons. The zero-order valence-corrected chi connectivity index (χ0v) is 11.7. The third kappa shape index (κ3) is 3.74. The van der Waals surface area contributed by atoms with Gasteiger partial charge in [0.15, 0.2) is 0 Å². The van der Waals surface area contributed by atoms with Gasteiger partial charge in [-0.1, -0.05) is 11.6 Å². The molecule has 0 aromatic heterocycles. The Morgan fingerprint density at radius 2 is 1.67 bits per heavy atom. The zero-order valence-electron chi connectivity index (χ0n) is 11.0. The van der Waals surface area contributed by atoms with E-state index >= 15 is 0 Å². The van der Waals surface area contributed by atoms with Gasteiger partial charge in [-0.05, 0) is 45.0 Å². The van der Waals surface area contributed by atoms with Gasteiger partial charge in [-0.2, -0.15) is 0 Å².